The summed E-state index contributed by atoms with van der Waals surface area (Å²) in [5.74, 6) is 0.726. The van der Waals surface area contributed by atoms with Crippen molar-refractivity contribution in [2.24, 2.45) is 5.10 Å². The number of ether oxygens (including phenoxy) is 2. The SMILES string of the molecule is COc1nc(N/N=C\c2cc(Cl)cc(Br)c2O)nc(N2CCOCC2)n1. The Balaban J connectivity index is 1.79. The van der Waals surface area contributed by atoms with Gasteiger partial charge in [-0.2, -0.15) is 20.1 Å². The van der Waals surface area contributed by atoms with Gasteiger partial charge in [-0.1, -0.05) is 11.6 Å². The summed E-state index contributed by atoms with van der Waals surface area (Å²) < 4.78 is 10.9. The van der Waals surface area contributed by atoms with Gasteiger partial charge in [-0.15, -0.1) is 0 Å². The number of hydrazone groups is 1. The first-order chi connectivity index (χ1) is 12.6. The molecule has 1 saturated heterocycles. The minimum absolute atomic E-state index is 0.0298. The van der Waals surface area contributed by atoms with Crippen LogP contribution in [-0.4, -0.2) is 59.7 Å². The number of anilines is 2. The van der Waals surface area contributed by atoms with Crippen LogP contribution in [0.5, 0.6) is 11.8 Å². The van der Waals surface area contributed by atoms with E-state index in [0.717, 1.165) is 0 Å². The molecule has 2 aromatic rings. The summed E-state index contributed by atoms with van der Waals surface area (Å²) in [7, 11) is 1.48. The number of halogens is 2. The number of phenols is 1. The van der Waals surface area contributed by atoms with E-state index in [1.54, 1.807) is 12.1 Å². The normalized spacial score (nSPS) is 14.7. The van der Waals surface area contributed by atoms with Crippen LogP contribution in [0.2, 0.25) is 5.02 Å². The van der Waals surface area contributed by atoms with Crippen molar-refractivity contribution in [3.05, 3.63) is 27.2 Å². The molecule has 0 aliphatic carbocycles. The zero-order chi connectivity index (χ0) is 18.5. The van der Waals surface area contributed by atoms with Crippen LogP contribution in [0.1, 0.15) is 5.56 Å². The van der Waals surface area contributed by atoms with Gasteiger partial charge in [-0.05, 0) is 28.1 Å². The molecule has 0 saturated carbocycles. The molecule has 0 bridgehead atoms. The molecule has 1 aliphatic rings. The molecular weight excluding hydrogens is 428 g/mol. The number of phenolic OH excluding ortho intramolecular Hbond substituents is 1. The number of aromatic nitrogens is 3. The highest BCUT2D eigenvalue weighted by molar-refractivity contribution is 9.10. The maximum absolute atomic E-state index is 10.0. The van der Waals surface area contributed by atoms with E-state index in [1.807, 2.05) is 4.90 Å². The van der Waals surface area contributed by atoms with Gasteiger partial charge in [0.15, 0.2) is 0 Å². The highest BCUT2D eigenvalue weighted by atomic mass is 79.9. The van der Waals surface area contributed by atoms with Gasteiger partial charge in [0.05, 0.1) is 31.0 Å². The summed E-state index contributed by atoms with van der Waals surface area (Å²) in [5.41, 5.74) is 3.15. The van der Waals surface area contributed by atoms with E-state index in [4.69, 9.17) is 21.1 Å². The molecule has 138 valence electrons. The molecule has 0 radical (unpaired) electrons. The lowest BCUT2D eigenvalue weighted by molar-refractivity contribution is 0.122. The number of rotatable bonds is 5. The lowest BCUT2D eigenvalue weighted by atomic mass is 10.2. The Morgan fingerprint density at radius 2 is 2.12 bits per heavy atom. The van der Waals surface area contributed by atoms with Crippen molar-refractivity contribution in [3.63, 3.8) is 0 Å². The summed E-state index contributed by atoms with van der Waals surface area (Å²) in [6.45, 7) is 2.58. The second-order valence-corrected chi connectivity index (χ2v) is 6.53. The number of nitrogens with zero attached hydrogens (tertiary/aromatic N) is 5. The monoisotopic (exact) mass is 442 g/mol. The number of nitrogens with one attached hydrogen (secondary N) is 1. The molecule has 0 amide bonds. The zero-order valence-corrected chi connectivity index (χ0v) is 16.2. The second-order valence-electron chi connectivity index (χ2n) is 5.24. The second kappa shape index (κ2) is 8.47. The molecule has 0 spiro atoms. The van der Waals surface area contributed by atoms with Crippen LogP contribution in [0.25, 0.3) is 0 Å². The molecule has 26 heavy (non-hydrogen) atoms. The summed E-state index contributed by atoms with van der Waals surface area (Å²) in [6.07, 6.45) is 1.41. The van der Waals surface area contributed by atoms with Crippen molar-refractivity contribution in [2.75, 3.05) is 43.7 Å². The van der Waals surface area contributed by atoms with Gasteiger partial charge in [-0.3, -0.25) is 0 Å². The van der Waals surface area contributed by atoms with Crippen molar-refractivity contribution in [1.29, 1.82) is 0 Å². The van der Waals surface area contributed by atoms with E-state index in [1.165, 1.54) is 13.3 Å². The Morgan fingerprint density at radius 1 is 1.35 bits per heavy atom. The number of hydrogen-bond acceptors (Lipinski definition) is 9. The van der Waals surface area contributed by atoms with Crippen LogP contribution in [0.15, 0.2) is 21.7 Å². The summed E-state index contributed by atoms with van der Waals surface area (Å²) in [4.78, 5) is 14.7. The van der Waals surface area contributed by atoms with Crippen LogP contribution >= 0.6 is 27.5 Å². The maximum atomic E-state index is 10.0. The van der Waals surface area contributed by atoms with E-state index < -0.39 is 0 Å². The van der Waals surface area contributed by atoms with Crippen LogP contribution < -0.4 is 15.1 Å². The quantitative estimate of drug-likeness (QED) is 0.536. The topological polar surface area (TPSA) is 105 Å². The van der Waals surface area contributed by atoms with E-state index in [2.05, 4.69) is 41.4 Å². The first-order valence-electron chi connectivity index (χ1n) is 7.66. The van der Waals surface area contributed by atoms with Crippen LogP contribution in [-0.2, 0) is 4.74 Å². The average molecular weight is 444 g/mol. The van der Waals surface area contributed by atoms with Gasteiger partial charge in [0.2, 0.25) is 5.95 Å². The maximum Gasteiger partial charge on any atom is 0.322 e. The lowest BCUT2D eigenvalue weighted by Crippen LogP contribution is -2.37. The number of methoxy groups -OCH3 is 1. The molecule has 0 atom stereocenters. The molecular formula is C15H16BrClN6O3. The third kappa shape index (κ3) is 4.51. The summed E-state index contributed by atoms with van der Waals surface area (Å²) in [6, 6.07) is 3.35. The largest absolute Gasteiger partial charge is 0.506 e. The first-order valence-corrected chi connectivity index (χ1v) is 8.84. The molecule has 2 heterocycles. The minimum Gasteiger partial charge on any atom is -0.506 e. The highest BCUT2D eigenvalue weighted by Crippen LogP contribution is 2.30. The number of aromatic hydroxyl groups is 1. The average Bonchev–Trinajstić information content (AvgIpc) is 2.66. The van der Waals surface area contributed by atoms with Crippen molar-refractivity contribution < 1.29 is 14.6 Å². The van der Waals surface area contributed by atoms with Gasteiger partial charge in [0.1, 0.15) is 5.75 Å². The minimum atomic E-state index is 0.0298. The molecule has 1 aromatic carbocycles. The molecule has 1 fully saturated rings. The Labute approximate surface area is 163 Å². The highest BCUT2D eigenvalue weighted by Gasteiger charge is 2.16. The molecule has 3 rings (SSSR count). The van der Waals surface area contributed by atoms with Crippen molar-refractivity contribution in [1.82, 2.24) is 15.0 Å². The van der Waals surface area contributed by atoms with E-state index in [0.29, 0.717) is 47.3 Å². The number of benzene rings is 1. The van der Waals surface area contributed by atoms with Crippen molar-refractivity contribution in [3.8, 4) is 11.8 Å². The van der Waals surface area contributed by atoms with Gasteiger partial charge < -0.3 is 19.5 Å². The fourth-order valence-corrected chi connectivity index (χ4v) is 3.07. The zero-order valence-electron chi connectivity index (χ0n) is 13.8. The fraction of sp³-hybridized carbons (Fsp3) is 0.333. The molecule has 11 heteroatoms. The summed E-state index contributed by atoms with van der Waals surface area (Å²) >= 11 is 9.20. The molecule has 1 aromatic heterocycles. The standard InChI is InChI=1S/C15H16BrClN6O3/c1-25-15-20-13(19-14(21-15)23-2-4-26-5-3-23)22-18-8-9-6-10(17)7-11(16)12(9)24/h6-8,24H,2-5H2,1H3,(H,19,20,21,22)/b18-8-. The third-order valence-corrected chi connectivity index (χ3v) is 4.33. The molecule has 9 nitrogen and oxygen atoms in total. The number of hydrogen-bond donors (Lipinski definition) is 2. The Hall–Kier alpha value is -2.17. The predicted molar refractivity (Wildman–Crippen MR) is 101 cm³/mol. The predicted octanol–water partition coefficient (Wildman–Crippen LogP) is 2.28. The summed E-state index contributed by atoms with van der Waals surface area (Å²) in [5, 5.41) is 14.5. The van der Waals surface area contributed by atoms with Gasteiger partial charge in [0.25, 0.3) is 5.95 Å². The lowest BCUT2D eigenvalue weighted by Gasteiger charge is -2.26. The van der Waals surface area contributed by atoms with Crippen LogP contribution in [0.3, 0.4) is 0 Å². The van der Waals surface area contributed by atoms with Gasteiger partial charge >= 0.3 is 6.01 Å². The van der Waals surface area contributed by atoms with Crippen molar-refractivity contribution >= 4 is 45.6 Å². The third-order valence-electron chi connectivity index (χ3n) is 3.51. The Morgan fingerprint density at radius 3 is 2.85 bits per heavy atom. The van der Waals surface area contributed by atoms with Crippen LogP contribution in [0.4, 0.5) is 11.9 Å². The van der Waals surface area contributed by atoms with E-state index >= 15 is 0 Å². The van der Waals surface area contributed by atoms with E-state index in [-0.39, 0.29) is 17.7 Å². The molecule has 0 unspecified atom stereocenters. The Kier molecular flexibility index (Phi) is 6.07. The first kappa shape index (κ1) is 18.6. The Bertz CT molecular complexity index is 816. The van der Waals surface area contributed by atoms with Crippen molar-refractivity contribution in [2.45, 2.75) is 0 Å². The molecule has 2 N–H and O–H groups in total. The van der Waals surface area contributed by atoms with Gasteiger partial charge in [0, 0.05) is 23.7 Å². The fourth-order valence-electron chi connectivity index (χ4n) is 2.24. The number of morpholine rings is 1. The van der Waals surface area contributed by atoms with E-state index in [9.17, 15) is 5.11 Å². The van der Waals surface area contributed by atoms with Gasteiger partial charge in [-0.25, -0.2) is 5.43 Å². The van der Waals surface area contributed by atoms with Crippen LogP contribution in [0, 0.1) is 0 Å². The smallest absolute Gasteiger partial charge is 0.322 e. The molecule has 1 aliphatic heterocycles.